The molecule has 4 aliphatic rings. The summed E-state index contributed by atoms with van der Waals surface area (Å²) < 4.78 is 0. The maximum absolute atomic E-state index is 12.2. The van der Waals surface area contributed by atoms with Gasteiger partial charge in [0, 0.05) is 12.6 Å². The van der Waals surface area contributed by atoms with Crippen molar-refractivity contribution in [2.75, 3.05) is 26.3 Å². The molecule has 0 radical (unpaired) electrons. The Bertz CT molecular complexity index is 286. The first-order valence-corrected chi connectivity index (χ1v) is 6.56. The molecule has 2 bridgehead atoms. The third-order valence-electron chi connectivity index (χ3n) is 4.52. The van der Waals surface area contributed by atoms with E-state index in [1.165, 1.54) is 25.9 Å². The number of amides is 1. The lowest BCUT2D eigenvalue weighted by Gasteiger charge is -2.47. The van der Waals surface area contributed by atoms with Gasteiger partial charge in [-0.05, 0) is 38.3 Å². The molecule has 16 heavy (non-hydrogen) atoms. The molecule has 0 spiro atoms. The number of hydrogen-bond donors (Lipinski definition) is 1. The van der Waals surface area contributed by atoms with Gasteiger partial charge in [-0.25, -0.2) is 0 Å². The van der Waals surface area contributed by atoms with E-state index in [4.69, 9.17) is 0 Å². The van der Waals surface area contributed by atoms with Gasteiger partial charge in [0.25, 0.3) is 0 Å². The van der Waals surface area contributed by atoms with Gasteiger partial charge in [-0.3, -0.25) is 10.1 Å². The number of nitrogens with zero attached hydrogens (tertiary/aromatic N) is 2. The van der Waals surface area contributed by atoms with Gasteiger partial charge >= 0.3 is 0 Å². The lowest BCUT2D eigenvalue weighted by atomic mass is 9.83. The van der Waals surface area contributed by atoms with Crippen LogP contribution >= 0.6 is 0 Å². The van der Waals surface area contributed by atoms with E-state index in [9.17, 15) is 4.79 Å². The lowest BCUT2D eigenvalue weighted by Crippen LogP contribution is -2.58. The van der Waals surface area contributed by atoms with Crippen LogP contribution in [0, 0.1) is 5.92 Å². The Morgan fingerprint density at radius 3 is 2.62 bits per heavy atom. The maximum atomic E-state index is 12.2. The summed E-state index contributed by atoms with van der Waals surface area (Å²) in [6.07, 6.45) is 3.48. The molecule has 0 aromatic heterocycles. The van der Waals surface area contributed by atoms with Gasteiger partial charge in [0.1, 0.15) is 0 Å². The zero-order chi connectivity index (χ0) is 11.1. The summed E-state index contributed by atoms with van der Waals surface area (Å²) >= 11 is 0. The van der Waals surface area contributed by atoms with Crippen molar-refractivity contribution >= 4 is 5.91 Å². The van der Waals surface area contributed by atoms with Crippen LogP contribution in [0.1, 0.15) is 26.2 Å². The quantitative estimate of drug-likeness (QED) is 0.729. The summed E-state index contributed by atoms with van der Waals surface area (Å²) in [4.78, 5) is 16.8. The van der Waals surface area contributed by atoms with Crippen molar-refractivity contribution in [3.05, 3.63) is 0 Å². The molecule has 4 saturated heterocycles. The molecular formula is C12H21N3O. The van der Waals surface area contributed by atoms with E-state index < -0.39 is 0 Å². The van der Waals surface area contributed by atoms with E-state index >= 15 is 0 Å². The number of piperidine rings is 3. The molecule has 0 aromatic rings. The number of carbonyl (C=O) groups is 1. The second-order valence-electron chi connectivity index (χ2n) is 5.34. The van der Waals surface area contributed by atoms with Crippen molar-refractivity contribution in [2.24, 2.45) is 5.92 Å². The van der Waals surface area contributed by atoms with Crippen LogP contribution in [0.3, 0.4) is 0 Å². The second kappa shape index (κ2) is 4.00. The molecule has 90 valence electrons. The van der Waals surface area contributed by atoms with Crippen LogP contribution in [0.4, 0.5) is 0 Å². The van der Waals surface area contributed by atoms with E-state index in [0.717, 1.165) is 25.6 Å². The minimum atomic E-state index is 0.0791. The number of fused-ring (bicyclic) bond motifs is 3. The van der Waals surface area contributed by atoms with Crippen molar-refractivity contribution < 1.29 is 4.79 Å². The first kappa shape index (κ1) is 10.5. The third-order valence-corrected chi connectivity index (χ3v) is 4.52. The van der Waals surface area contributed by atoms with E-state index in [-0.39, 0.29) is 6.04 Å². The van der Waals surface area contributed by atoms with Crippen molar-refractivity contribution in [1.29, 1.82) is 0 Å². The minimum absolute atomic E-state index is 0.0791. The van der Waals surface area contributed by atoms with Crippen molar-refractivity contribution in [1.82, 2.24) is 15.1 Å². The fourth-order valence-electron chi connectivity index (χ4n) is 3.46. The number of rotatable bonds is 2. The first-order valence-electron chi connectivity index (χ1n) is 6.56. The Morgan fingerprint density at radius 1 is 1.38 bits per heavy atom. The van der Waals surface area contributed by atoms with Gasteiger partial charge in [-0.15, -0.1) is 0 Å². The highest BCUT2D eigenvalue weighted by atomic mass is 16.2. The molecule has 0 aliphatic carbocycles. The topological polar surface area (TPSA) is 35.6 Å². The average molecular weight is 223 g/mol. The van der Waals surface area contributed by atoms with E-state index in [1.807, 2.05) is 0 Å². The van der Waals surface area contributed by atoms with E-state index in [0.29, 0.717) is 11.9 Å². The van der Waals surface area contributed by atoms with E-state index in [2.05, 4.69) is 22.0 Å². The largest absolute Gasteiger partial charge is 0.324 e. The zero-order valence-electron chi connectivity index (χ0n) is 9.98. The molecule has 2 unspecified atom stereocenters. The highest BCUT2D eigenvalue weighted by molar-refractivity contribution is 5.84. The molecule has 0 aromatic carbocycles. The highest BCUT2D eigenvalue weighted by Crippen LogP contribution is 2.32. The molecule has 1 N–H and O–H groups in total. The highest BCUT2D eigenvalue weighted by Gasteiger charge is 2.42. The average Bonchev–Trinajstić information content (AvgIpc) is 2.71. The SMILES string of the molecule is CCC1NCN(C2CN3CCC2CC3)C1=O. The molecule has 4 heterocycles. The molecule has 2 atom stereocenters. The van der Waals surface area contributed by atoms with Crippen molar-refractivity contribution in [3.63, 3.8) is 0 Å². The summed E-state index contributed by atoms with van der Waals surface area (Å²) in [7, 11) is 0. The van der Waals surface area contributed by atoms with Gasteiger partial charge in [-0.2, -0.15) is 0 Å². The number of nitrogens with one attached hydrogen (secondary N) is 1. The molecule has 4 fully saturated rings. The predicted molar refractivity (Wildman–Crippen MR) is 61.9 cm³/mol. The Kier molecular flexibility index (Phi) is 2.64. The first-order chi connectivity index (χ1) is 7.79. The molecular weight excluding hydrogens is 202 g/mol. The van der Waals surface area contributed by atoms with Crippen LogP contribution in [0.25, 0.3) is 0 Å². The molecule has 4 heteroatoms. The van der Waals surface area contributed by atoms with Gasteiger partial charge < -0.3 is 9.80 Å². The molecule has 0 saturated carbocycles. The normalized spacial score (nSPS) is 43.1. The Hall–Kier alpha value is -0.610. The molecule has 4 rings (SSSR count). The van der Waals surface area contributed by atoms with Gasteiger partial charge in [-0.1, -0.05) is 6.92 Å². The van der Waals surface area contributed by atoms with E-state index in [1.54, 1.807) is 0 Å². The van der Waals surface area contributed by atoms with Crippen LogP contribution < -0.4 is 5.32 Å². The van der Waals surface area contributed by atoms with Crippen LogP contribution in [0.15, 0.2) is 0 Å². The number of hydrogen-bond acceptors (Lipinski definition) is 3. The summed E-state index contributed by atoms with van der Waals surface area (Å²) in [6, 6.07) is 0.564. The zero-order valence-corrected chi connectivity index (χ0v) is 9.98. The summed E-state index contributed by atoms with van der Waals surface area (Å²) in [5.74, 6) is 1.09. The Balaban J connectivity index is 1.72. The lowest BCUT2D eigenvalue weighted by molar-refractivity contribution is -0.134. The van der Waals surface area contributed by atoms with Crippen molar-refractivity contribution in [3.8, 4) is 0 Å². The van der Waals surface area contributed by atoms with Crippen LogP contribution in [0.2, 0.25) is 0 Å². The monoisotopic (exact) mass is 223 g/mol. The third kappa shape index (κ3) is 1.55. The standard InChI is InChI=1S/C12H21N3O/c1-2-10-12(16)15(8-13-10)11-7-14-5-3-9(11)4-6-14/h9-11,13H,2-8H2,1H3. The predicted octanol–water partition coefficient (Wildman–Crippen LogP) is 0.248. The van der Waals surface area contributed by atoms with Gasteiger partial charge in [0.2, 0.25) is 5.91 Å². The number of carbonyl (C=O) groups excluding carboxylic acids is 1. The minimum Gasteiger partial charge on any atom is -0.324 e. The van der Waals surface area contributed by atoms with Crippen LogP contribution in [-0.4, -0.2) is 54.1 Å². The van der Waals surface area contributed by atoms with Crippen molar-refractivity contribution in [2.45, 2.75) is 38.3 Å². The fraction of sp³-hybridized carbons (Fsp3) is 0.917. The van der Waals surface area contributed by atoms with Crippen LogP contribution in [0.5, 0.6) is 0 Å². The molecule has 1 amide bonds. The Morgan fingerprint density at radius 2 is 2.12 bits per heavy atom. The fourth-order valence-corrected chi connectivity index (χ4v) is 3.46. The summed E-state index contributed by atoms with van der Waals surface area (Å²) in [5, 5.41) is 3.32. The summed E-state index contributed by atoms with van der Waals surface area (Å²) in [6.45, 7) is 6.44. The summed E-state index contributed by atoms with van der Waals surface area (Å²) in [5.41, 5.74) is 0. The smallest absolute Gasteiger partial charge is 0.241 e. The Labute approximate surface area is 97.0 Å². The molecule has 4 nitrogen and oxygen atoms in total. The second-order valence-corrected chi connectivity index (χ2v) is 5.34. The van der Waals surface area contributed by atoms with Crippen LogP contribution in [-0.2, 0) is 4.79 Å². The van der Waals surface area contributed by atoms with Gasteiger partial charge in [0.05, 0.1) is 12.7 Å². The van der Waals surface area contributed by atoms with Gasteiger partial charge in [0.15, 0.2) is 0 Å². The maximum Gasteiger partial charge on any atom is 0.241 e. The molecule has 4 aliphatic heterocycles.